The lowest BCUT2D eigenvalue weighted by molar-refractivity contribution is -0.00147. The van der Waals surface area contributed by atoms with Crippen LogP contribution >= 0.6 is 0 Å². The normalized spacial score (nSPS) is 33.0. The molecule has 2 rings (SSSR count). The van der Waals surface area contributed by atoms with E-state index in [0.29, 0.717) is 18.1 Å². The molecule has 2 aliphatic heterocycles. The predicted molar refractivity (Wildman–Crippen MR) is 85.0 cm³/mol. The molecule has 20 heavy (non-hydrogen) atoms. The molecular weight excluding hydrogens is 248 g/mol. The zero-order valence-corrected chi connectivity index (χ0v) is 13.9. The molecule has 118 valence electrons. The summed E-state index contributed by atoms with van der Waals surface area (Å²) >= 11 is 0. The molecule has 0 spiro atoms. The molecule has 4 atom stereocenters. The summed E-state index contributed by atoms with van der Waals surface area (Å²) < 4.78 is 5.54. The monoisotopic (exact) mass is 282 g/mol. The molecule has 1 N–H and O–H groups in total. The van der Waals surface area contributed by atoms with Crippen LogP contribution in [0.4, 0.5) is 0 Å². The van der Waals surface area contributed by atoms with Crippen LogP contribution in [-0.4, -0.2) is 49.3 Å². The minimum atomic E-state index is 0.671. The average Bonchev–Trinajstić information content (AvgIpc) is 2.53. The van der Waals surface area contributed by atoms with E-state index in [-0.39, 0.29) is 0 Å². The average molecular weight is 282 g/mol. The number of rotatable bonds is 5. The second kappa shape index (κ2) is 7.77. The van der Waals surface area contributed by atoms with Gasteiger partial charge in [0, 0.05) is 44.4 Å². The van der Waals surface area contributed by atoms with Crippen molar-refractivity contribution in [3.8, 4) is 0 Å². The van der Waals surface area contributed by atoms with Crippen LogP contribution in [0.25, 0.3) is 0 Å². The Morgan fingerprint density at radius 2 is 1.90 bits per heavy atom. The lowest BCUT2D eigenvalue weighted by Crippen LogP contribution is -2.61. The number of nitrogens with zero attached hydrogens (tertiary/aromatic N) is 1. The van der Waals surface area contributed by atoms with Crippen molar-refractivity contribution in [2.24, 2.45) is 11.8 Å². The van der Waals surface area contributed by atoms with Crippen LogP contribution in [0.2, 0.25) is 0 Å². The molecule has 0 aromatic rings. The number of nitrogens with one attached hydrogen (secondary N) is 1. The molecule has 0 radical (unpaired) electrons. The van der Waals surface area contributed by atoms with Crippen molar-refractivity contribution < 1.29 is 4.74 Å². The lowest BCUT2D eigenvalue weighted by atomic mass is 9.87. The van der Waals surface area contributed by atoms with Gasteiger partial charge in [-0.1, -0.05) is 27.2 Å². The third-order valence-corrected chi connectivity index (χ3v) is 5.77. The Hall–Kier alpha value is -0.120. The summed E-state index contributed by atoms with van der Waals surface area (Å²) in [6, 6.07) is 2.09. The van der Waals surface area contributed by atoms with E-state index in [1.165, 1.54) is 38.8 Å². The quantitative estimate of drug-likeness (QED) is 0.839. The van der Waals surface area contributed by atoms with Crippen molar-refractivity contribution in [3.63, 3.8) is 0 Å². The van der Waals surface area contributed by atoms with Gasteiger partial charge in [0.1, 0.15) is 0 Å². The third kappa shape index (κ3) is 3.75. The molecule has 3 heteroatoms. The van der Waals surface area contributed by atoms with E-state index in [4.69, 9.17) is 4.74 Å². The van der Waals surface area contributed by atoms with Gasteiger partial charge in [-0.05, 0) is 38.0 Å². The molecule has 0 aromatic heterocycles. The topological polar surface area (TPSA) is 24.5 Å². The van der Waals surface area contributed by atoms with Gasteiger partial charge in [-0.15, -0.1) is 0 Å². The molecule has 2 saturated heterocycles. The molecule has 0 saturated carbocycles. The maximum absolute atomic E-state index is 5.54. The van der Waals surface area contributed by atoms with Gasteiger partial charge in [-0.2, -0.15) is 0 Å². The van der Waals surface area contributed by atoms with Gasteiger partial charge in [-0.3, -0.25) is 4.90 Å². The first-order valence-electron chi connectivity index (χ1n) is 8.74. The van der Waals surface area contributed by atoms with Gasteiger partial charge < -0.3 is 10.1 Å². The molecule has 3 nitrogen and oxygen atoms in total. The Morgan fingerprint density at radius 3 is 2.50 bits per heavy atom. The second-order valence-corrected chi connectivity index (χ2v) is 6.85. The summed E-state index contributed by atoms with van der Waals surface area (Å²) in [5.74, 6) is 1.60. The van der Waals surface area contributed by atoms with Crippen LogP contribution in [0.1, 0.15) is 53.4 Å². The SMILES string of the molecule is CCC(C)C1CN(C(C)C2CCOCC2)C(CC)CN1. The molecule has 0 bridgehead atoms. The first-order chi connectivity index (χ1) is 9.67. The van der Waals surface area contributed by atoms with Gasteiger partial charge in [0.05, 0.1) is 0 Å². The fourth-order valence-electron chi connectivity index (χ4n) is 3.86. The van der Waals surface area contributed by atoms with E-state index >= 15 is 0 Å². The Morgan fingerprint density at radius 1 is 1.20 bits per heavy atom. The van der Waals surface area contributed by atoms with Gasteiger partial charge in [0.25, 0.3) is 0 Å². The predicted octanol–water partition coefficient (Wildman–Crippen LogP) is 2.90. The maximum Gasteiger partial charge on any atom is 0.0469 e. The minimum Gasteiger partial charge on any atom is -0.381 e. The number of piperazine rings is 1. The van der Waals surface area contributed by atoms with Crippen molar-refractivity contribution in [3.05, 3.63) is 0 Å². The van der Waals surface area contributed by atoms with Crippen molar-refractivity contribution in [2.45, 2.75) is 71.5 Å². The van der Waals surface area contributed by atoms with Crippen molar-refractivity contribution in [2.75, 3.05) is 26.3 Å². The van der Waals surface area contributed by atoms with Crippen LogP contribution in [0.5, 0.6) is 0 Å². The van der Waals surface area contributed by atoms with Crippen LogP contribution < -0.4 is 5.32 Å². The van der Waals surface area contributed by atoms with E-state index in [9.17, 15) is 0 Å². The highest BCUT2D eigenvalue weighted by Crippen LogP contribution is 2.27. The van der Waals surface area contributed by atoms with Gasteiger partial charge >= 0.3 is 0 Å². The van der Waals surface area contributed by atoms with Gasteiger partial charge in [-0.25, -0.2) is 0 Å². The maximum atomic E-state index is 5.54. The van der Waals surface area contributed by atoms with Crippen LogP contribution in [-0.2, 0) is 4.74 Å². The zero-order valence-electron chi connectivity index (χ0n) is 13.9. The summed E-state index contributed by atoms with van der Waals surface area (Å²) in [6.45, 7) is 13.8. The Bertz CT molecular complexity index is 278. The Labute approximate surface area is 125 Å². The van der Waals surface area contributed by atoms with E-state index in [0.717, 1.165) is 25.0 Å². The van der Waals surface area contributed by atoms with E-state index < -0.39 is 0 Å². The highest BCUT2D eigenvalue weighted by molar-refractivity contribution is 4.92. The molecule has 2 aliphatic rings. The molecule has 0 amide bonds. The van der Waals surface area contributed by atoms with Crippen LogP contribution in [0.3, 0.4) is 0 Å². The third-order valence-electron chi connectivity index (χ3n) is 5.77. The summed E-state index contributed by atoms with van der Waals surface area (Å²) in [6.07, 6.45) is 5.02. The van der Waals surface area contributed by atoms with Crippen molar-refractivity contribution in [1.29, 1.82) is 0 Å². The molecule has 4 unspecified atom stereocenters. The van der Waals surface area contributed by atoms with E-state index in [2.05, 4.69) is 37.9 Å². The van der Waals surface area contributed by atoms with Crippen LogP contribution in [0.15, 0.2) is 0 Å². The number of hydrogen-bond donors (Lipinski definition) is 1. The first kappa shape index (κ1) is 16.3. The Balaban J connectivity index is 1.99. The second-order valence-electron chi connectivity index (χ2n) is 6.85. The van der Waals surface area contributed by atoms with Crippen molar-refractivity contribution >= 4 is 0 Å². The fourth-order valence-corrected chi connectivity index (χ4v) is 3.86. The van der Waals surface area contributed by atoms with E-state index in [1.807, 2.05) is 0 Å². The smallest absolute Gasteiger partial charge is 0.0469 e. The minimum absolute atomic E-state index is 0.671. The van der Waals surface area contributed by atoms with Gasteiger partial charge in [0.2, 0.25) is 0 Å². The molecule has 0 aromatic carbocycles. The zero-order chi connectivity index (χ0) is 14.5. The highest BCUT2D eigenvalue weighted by Gasteiger charge is 2.35. The Kier molecular flexibility index (Phi) is 6.31. The summed E-state index contributed by atoms with van der Waals surface area (Å²) in [5.41, 5.74) is 0. The molecule has 0 aliphatic carbocycles. The summed E-state index contributed by atoms with van der Waals surface area (Å²) in [7, 11) is 0. The molecular formula is C17H34N2O. The number of ether oxygens (including phenoxy) is 1. The van der Waals surface area contributed by atoms with Gasteiger partial charge in [0.15, 0.2) is 0 Å². The summed E-state index contributed by atoms with van der Waals surface area (Å²) in [5, 5.41) is 3.79. The highest BCUT2D eigenvalue weighted by atomic mass is 16.5. The van der Waals surface area contributed by atoms with E-state index in [1.54, 1.807) is 0 Å². The molecule has 2 heterocycles. The summed E-state index contributed by atoms with van der Waals surface area (Å²) in [4.78, 5) is 2.81. The standard InChI is InChI=1S/C17H34N2O/c1-5-13(3)17-12-19(16(6-2)11-18-17)14(4)15-7-9-20-10-8-15/h13-18H,5-12H2,1-4H3. The molecule has 2 fully saturated rings. The number of hydrogen-bond acceptors (Lipinski definition) is 3. The van der Waals surface area contributed by atoms with Crippen molar-refractivity contribution in [1.82, 2.24) is 10.2 Å². The largest absolute Gasteiger partial charge is 0.381 e. The fraction of sp³-hybridized carbons (Fsp3) is 1.00. The first-order valence-corrected chi connectivity index (χ1v) is 8.74. The lowest BCUT2D eigenvalue weighted by Gasteiger charge is -2.47. The van der Waals surface area contributed by atoms with Crippen LogP contribution in [0, 0.1) is 11.8 Å².